The van der Waals surface area contributed by atoms with E-state index in [1.807, 2.05) is 13.8 Å². The van der Waals surface area contributed by atoms with Gasteiger partial charge in [0.15, 0.2) is 0 Å². The average molecular weight is 196 g/mol. The summed E-state index contributed by atoms with van der Waals surface area (Å²) >= 11 is 0. The summed E-state index contributed by atoms with van der Waals surface area (Å²) in [5, 5.41) is 16.7. The average Bonchev–Trinajstić information content (AvgIpc) is 2.55. The summed E-state index contributed by atoms with van der Waals surface area (Å²) in [6.07, 6.45) is 0. The molecule has 0 aliphatic heterocycles. The van der Waals surface area contributed by atoms with E-state index in [2.05, 4.69) is 10.2 Å². The normalized spacial score (nSPS) is 28.8. The fourth-order valence-electron chi connectivity index (χ4n) is 1.82. The minimum absolute atomic E-state index is 0.00304. The third-order valence-electron chi connectivity index (χ3n) is 3.01. The Balaban J connectivity index is 2.24. The van der Waals surface area contributed by atoms with Gasteiger partial charge in [-0.3, -0.25) is 0 Å². The maximum Gasteiger partial charge on any atom is 0.342 e. The Hall–Kier alpha value is -1.43. The largest absolute Gasteiger partial charge is 0.358 e. The molecule has 2 atom stereocenters. The summed E-state index contributed by atoms with van der Waals surface area (Å²) in [6, 6.07) is 1.50. The fourth-order valence-corrected chi connectivity index (χ4v) is 1.82. The van der Waals surface area contributed by atoms with E-state index in [1.54, 1.807) is 0 Å². The summed E-state index contributed by atoms with van der Waals surface area (Å²) < 4.78 is 0. The van der Waals surface area contributed by atoms with Crippen molar-refractivity contribution in [2.45, 2.75) is 25.8 Å². The molecule has 14 heavy (non-hydrogen) atoms. The van der Waals surface area contributed by atoms with E-state index in [0.717, 1.165) is 0 Å². The van der Waals surface area contributed by atoms with Crippen LogP contribution >= 0.6 is 0 Å². The van der Waals surface area contributed by atoms with Crippen LogP contribution in [0, 0.1) is 15.5 Å². The molecule has 0 saturated heterocycles. The fraction of sp³-hybridized carbons (Fsp3) is 0.625. The van der Waals surface area contributed by atoms with Gasteiger partial charge in [-0.15, -0.1) is 5.10 Å². The Labute approximate surface area is 80.6 Å². The standard InChI is InChI=1S/C8H12N4O2/c1-8(2)6(7(8)9)4-3-5(11-10-4)12(13)14/h3,6-7H,9H2,1-2H3,(H,10,11). The van der Waals surface area contributed by atoms with Crippen molar-refractivity contribution in [3.8, 4) is 0 Å². The van der Waals surface area contributed by atoms with Crippen molar-refractivity contribution in [2.24, 2.45) is 11.1 Å². The SMILES string of the molecule is CC1(C)C(N)C1c1cc([N+](=O)[O-])[nH]n1. The molecule has 2 rings (SSSR count). The minimum atomic E-state index is -0.489. The van der Waals surface area contributed by atoms with E-state index < -0.39 is 4.92 Å². The summed E-state index contributed by atoms with van der Waals surface area (Å²) in [5.41, 5.74) is 6.53. The highest BCUT2D eigenvalue weighted by molar-refractivity contribution is 5.33. The van der Waals surface area contributed by atoms with Crippen LogP contribution < -0.4 is 5.73 Å². The smallest absolute Gasteiger partial charge is 0.342 e. The van der Waals surface area contributed by atoms with Gasteiger partial charge in [-0.25, -0.2) is 0 Å². The monoisotopic (exact) mass is 196 g/mol. The maximum atomic E-state index is 10.4. The Morgan fingerprint density at radius 3 is 2.64 bits per heavy atom. The second-order valence-electron chi connectivity index (χ2n) is 4.26. The molecule has 0 aromatic carbocycles. The summed E-state index contributed by atoms with van der Waals surface area (Å²) in [4.78, 5) is 9.91. The van der Waals surface area contributed by atoms with Gasteiger partial charge in [0.1, 0.15) is 0 Å². The first-order chi connectivity index (χ1) is 6.44. The van der Waals surface area contributed by atoms with Gasteiger partial charge >= 0.3 is 5.82 Å². The van der Waals surface area contributed by atoms with Crippen LogP contribution in [-0.2, 0) is 0 Å². The van der Waals surface area contributed by atoms with E-state index >= 15 is 0 Å². The molecule has 1 aliphatic rings. The van der Waals surface area contributed by atoms with Crippen molar-refractivity contribution < 1.29 is 4.92 Å². The minimum Gasteiger partial charge on any atom is -0.358 e. The number of rotatable bonds is 2. The molecule has 1 fully saturated rings. The van der Waals surface area contributed by atoms with E-state index in [1.165, 1.54) is 6.07 Å². The molecular formula is C8H12N4O2. The molecule has 0 bridgehead atoms. The number of hydrogen-bond donors (Lipinski definition) is 2. The Morgan fingerprint density at radius 1 is 1.71 bits per heavy atom. The van der Waals surface area contributed by atoms with E-state index in [-0.39, 0.29) is 23.2 Å². The molecule has 1 saturated carbocycles. The van der Waals surface area contributed by atoms with E-state index in [9.17, 15) is 10.1 Å². The van der Waals surface area contributed by atoms with Crippen molar-refractivity contribution in [3.63, 3.8) is 0 Å². The van der Waals surface area contributed by atoms with Gasteiger partial charge in [-0.2, -0.15) is 0 Å². The van der Waals surface area contributed by atoms with E-state index in [4.69, 9.17) is 5.73 Å². The molecule has 6 heteroatoms. The summed E-state index contributed by atoms with van der Waals surface area (Å²) in [5.74, 6) is 0.0577. The molecule has 0 radical (unpaired) electrons. The predicted molar refractivity (Wildman–Crippen MR) is 49.7 cm³/mol. The number of H-pyrrole nitrogens is 1. The zero-order valence-corrected chi connectivity index (χ0v) is 8.02. The van der Waals surface area contributed by atoms with Gasteiger partial charge in [0.25, 0.3) is 0 Å². The molecule has 6 nitrogen and oxygen atoms in total. The zero-order valence-electron chi connectivity index (χ0n) is 8.02. The number of hydrogen-bond acceptors (Lipinski definition) is 4. The van der Waals surface area contributed by atoms with Crippen LogP contribution in [0.15, 0.2) is 6.07 Å². The summed E-state index contributed by atoms with van der Waals surface area (Å²) in [7, 11) is 0. The zero-order chi connectivity index (χ0) is 10.5. The lowest BCUT2D eigenvalue weighted by Gasteiger charge is -1.95. The van der Waals surface area contributed by atoms with Crippen LogP contribution in [0.3, 0.4) is 0 Å². The summed E-state index contributed by atoms with van der Waals surface area (Å²) in [6.45, 7) is 4.06. The molecular weight excluding hydrogens is 184 g/mol. The second kappa shape index (κ2) is 2.54. The lowest BCUT2D eigenvalue weighted by Crippen LogP contribution is -2.06. The van der Waals surface area contributed by atoms with Gasteiger partial charge in [0.2, 0.25) is 0 Å². The lowest BCUT2D eigenvalue weighted by molar-refractivity contribution is -0.389. The van der Waals surface area contributed by atoms with Crippen LogP contribution in [0.5, 0.6) is 0 Å². The topological polar surface area (TPSA) is 97.8 Å². The molecule has 1 aromatic rings. The van der Waals surface area contributed by atoms with Gasteiger partial charge in [-0.1, -0.05) is 18.9 Å². The number of nitrogens with two attached hydrogens (primary N) is 1. The van der Waals surface area contributed by atoms with Crippen LogP contribution in [0.4, 0.5) is 5.82 Å². The lowest BCUT2D eigenvalue weighted by atomic mass is 10.1. The first-order valence-electron chi connectivity index (χ1n) is 4.40. The highest BCUT2D eigenvalue weighted by Crippen LogP contribution is 2.56. The Kier molecular flexibility index (Phi) is 1.66. The van der Waals surface area contributed by atoms with Crippen molar-refractivity contribution in [3.05, 3.63) is 21.9 Å². The molecule has 76 valence electrons. The van der Waals surface area contributed by atoms with Crippen molar-refractivity contribution in [1.82, 2.24) is 10.2 Å². The molecule has 2 unspecified atom stereocenters. The Bertz CT molecular complexity index is 384. The van der Waals surface area contributed by atoms with E-state index in [0.29, 0.717) is 5.69 Å². The molecule has 1 aromatic heterocycles. The van der Waals surface area contributed by atoms with Crippen molar-refractivity contribution in [2.75, 3.05) is 0 Å². The number of nitrogens with zero attached hydrogens (tertiary/aromatic N) is 2. The third-order valence-corrected chi connectivity index (χ3v) is 3.01. The second-order valence-corrected chi connectivity index (χ2v) is 4.26. The van der Waals surface area contributed by atoms with Crippen LogP contribution in [0.1, 0.15) is 25.5 Å². The molecule has 0 spiro atoms. The van der Waals surface area contributed by atoms with Gasteiger partial charge in [0.05, 0.1) is 11.8 Å². The number of aromatic amines is 1. The third kappa shape index (κ3) is 1.11. The predicted octanol–water partition coefficient (Wildman–Crippen LogP) is 0.769. The van der Waals surface area contributed by atoms with Crippen molar-refractivity contribution >= 4 is 5.82 Å². The first kappa shape index (κ1) is 9.14. The Morgan fingerprint density at radius 2 is 2.29 bits per heavy atom. The highest BCUT2D eigenvalue weighted by Gasteiger charge is 2.58. The quantitative estimate of drug-likeness (QED) is 0.539. The molecule has 3 N–H and O–H groups in total. The van der Waals surface area contributed by atoms with Crippen molar-refractivity contribution in [1.29, 1.82) is 0 Å². The highest BCUT2D eigenvalue weighted by atomic mass is 16.6. The van der Waals surface area contributed by atoms with Crippen LogP contribution in [0.25, 0.3) is 0 Å². The number of nitrogens with one attached hydrogen (secondary N) is 1. The number of nitro groups is 1. The molecule has 0 amide bonds. The maximum absolute atomic E-state index is 10.4. The van der Waals surface area contributed by atoms with Gasteiger partial charge in [0, 0.05) is 12.0 Å². The first-order valence-corrected chi connectivity index (χ1v) is 4.40. The van der Waals surface area contributed by atoms with Gasteiger partial charge in [-0.05, 0) is 10.3 Å². The van der Waals surface area contributed by atoms with Gasteiger partial charge < -0.3 is 15.8 Å². The van der Waals surface area contributed by atoms with Crippen LogP contribution in [0.2, 0.25) is 0 Å². The van der Waals surface area contributed by atoms with Crippen LogP contribution in [-0.4, -0.2) is 21.2 Å². The molecule has 1 aliphatic carbocycles. The molecule has 1 heterocycles. The number of aromatic nitrogens is 2.